The summed E-state index contributed by atoms with van der Waals surface area (Å²) in [6, 6.07) is 3.96. The van der Waals surface area contributed by atoms with Crippen LogP contribution in [0.1, 0.15) is 18.1 Å². The maximum Gasteiger partial charge on any atom is 0.417 e. The third-order valence-electron chi connectivity index (χ3n) is 2.63. The molecule has 1 aromatic carbocycles. The fourth-order valence-corrected chi connectivity index (χ4v) is 2.00. The summed E-state index contributed by atoms with van der Waals surface area (Å²) in [6.45, 7) is 1.77. The number of aromatic amines is 1. The van der Waals surface area contributed by atoms with Crippen molar-refractivity contribution in [2.24, 2.45) is 5.73 Å². The Kier molecular flexibility index (Phi) is 2.87. The smallest absolute Gasteiger partial charge is 0.361 e. The standard InChI is InChI=1S/C12H13F3N2/c1-7(16)5-8-6-17-10-4-2-3-9(11(8)10)12(13,14)15/h2-4,6-7,17H,5,16H2,1H3. The monoisotopic (exact) mass is 242 g/mol. The van der Waals surface area contributed by atoms with E-state index in [1.165, 1.54) is 6.07 Å². The zero-order chi connectivity index (χ0) is 12.6. The molecule has 5 heteroatoms. The van der Waals surface area contributed by atoms with E-state index in [-0.39, 0.29) is 11.4 Å². The molecular formula is C12H13F3N2. The van der Waals surface area contributed by atoms with Crippen molar-refractivity contribution in [1.82, 2.24) is 4.98 Å². The molecule has 3 N–H and O–H groups in total. The summed E-state index contributed by atoms with van der Waals surface area (Å²) in [5, 5.41) is 0.234. The molecule has 0 amide bonds. The zero-order valence-corrected chi connectivity index (χ0v) is 9.31. The lowest BCUT2D eigenvalue weighted by Crippen LogP contribution is -2.18. The second kappa shape index (κ2) is 4.07. The molecule has 2 aromatic rings. The van der Waals surface area contributed by atoms with E-state index in [0.29, 0.717) is 17.5 Å². The van der Waals surface area contributed by atoms with Crippen LogP contribution in [-0.2, 0) is 12.6 Å². The minimum Gasteiger partial charge on any atom is -0.361 e. The van der Waals surface area contributed by atoms with Gasteiger partial charge >= 0.3 is 6.18 Å². The fourth-order valence-electron chi connectivity index (χ4n) is 2.00. The molecule has 0 spiro atoms. The van der Waals surface area contributed by atoms with Crippen molar-refractivity contribution in [3.63, 3.8) is 0 Å². The first-order chi connectivity index (χ1) is 7.89. The van der Waals surface area contributed by atoms with Crippen molar-refractivity contribution in [2.45, 2.75) is 25.6 Å². The Balaban J connectivity index is 2.64. The number of aromatic nitrogens is 1. The molecule has 1 unspecified atom stereocenters. The molecule has 1 heterocycles. The number of nitrogens with one attached hydrogen (secondary N) is 1. The van der Waals surface area contributed by atoms with Gasteiger partial charge < -0.3 is 10.7 Å². The van der Waals surface area contributed by atoms with Gasteiger partial charge in [-0.15, -0.1) is 0 Å². The first-order valence-electron chi connectivity index (χ1n) is 5.31. The molecular weight excluding hydrogens is 229 g/mol. The van der Waals surface area contributed by atoms with Gasteiger partial charge in [-0.25, -0.2) is 0 Å². The van der Waals surface area contributed by atoms with Crippen LogP contribution in [0.25, 0.3) is 10.9 Å². The Morgan fingerprint density at radius 1 is 1.35 bits per heavy atom. The number of hydrogen-bond donors (Lipinski definition) is 2. The largest absolute Gasteiger partial charge is 0.417 e. The number of benzene rings is 1. The van der Waals surface area contributed by atoms with E-state index < -0.39 is 11.7 Å². The first-order valence-corrected chi connectivity index (χ1v) is 5.31. The Hall–Kier alpha value is -1.49. The molecule has 92 valence electrons. The third kappa shape index (κ3) is 2.29. The van der Waals surface area contributed by atoms with Crippen molar-refractivity contribution >= 4 is 10.9 Å². The third-order valence-corrected chi connectivity index (χ3v) is 2.63. The highest BCUT2D eigenvalue weighted by Gasteiger charge is 2.33. The maximum absolute atomic E-state index is 12.9. The van der Waals surface area contributed by atoms with Gasteiger partial charge in [-0.2, -0.15) is 13.2 Å². The van der Waals surface area contributed by atoms with Crippen LogP contribution < -0.4 is 5.73 Å². The van der Waals surface area contributed by atoms with E-state index in [0.717, 1.165) is 6.07 Å². The highest BCUT2D eigenvalue weighted by molar-refractivity contribution is 5.87. The van der Waals surface area contributed by atoms with Gasteiger partial charge in [0.05, 0.1) is 5.56 Å². The van der Waals surface area contributed by atoms with Gasteiger partial charge in [0.15, 0.2) is 0 Å². The number of nitrogens with two attached hydrogens (primary N) is 1. The summed E-state index contributed by atoms with van der Waals surface area (Å²) in [5.41, 5.74) is 6.14. The quantitative estimate of drug-likeness (QED) is 0.834. The highest BCUT2D eigenvalue weighted by Crippen LogP contribution is 2.36. The molecule has 1 atom stereocenters. The average Bonchev–Trinajstić information content (AvgIpc) is 2.59. The van der Waals surface area contributed by atoms with Crippen molar-refractivity contribution in [1.29, 1.82) is 0 Å². The number of hydrogen-bond acceptors (Lipinski definition) is 1. The van der Waals surface area contributed by atoms with Crippen LogP contribution in [0.15, 0.2) is 24.4 Å². The van der Waals surface area contributed by atoms with E-state index >= 15 is 0 Å². The zero-order valence-electron chi connectivity index (χ0n) is 9.31. The molecule has 0 radical (unpaired) electrons. The molecule has 0 fully saturated rings. The number of H-pyrrole nitrogens is 1. The van der Waals surface area contributed by atoms with E-state index in [1.807, 2.05) is 0 Å². The van der Waals surface area contributed by atoms with E-state index in [4.69, 9.17) is 5.73 Å². The Labute approximate surface area is 96.6 Å². The van der Waals surface area contributed by atoms with Gasteiger partial charge in [0.1, 0.15) is 0 Å². The van der Waals surface area contributed by atoms with E-state index in [9.17, 15) is 13.2 Å². The van der Waals surface area contributed by atoms with Crippen LogP contribution in [0.2, 0.25) is 0 Å². The molecule has 0 aliphatic heterocycles. The molecule has 0 saturated carbocycles. The Morgan fingerprint density at radius 3 is 2.65 bits per heavy atom. The van der Waals surface area contributed by atoms with Crippen LogP contribution in [0.5, 0.6) is 0 Å². The van der Waals surface area contributed by atoms with Gasteiger partial charge in [0.25, 0.3) is 0 Å². The first kappa shape index (κ1) is 12.0. The van der Waals surface area contributed by atoms with Crippen molar-refractivity contribution in [3.05, 3.63) is 35.5 Å². The number of fused-ring (bicyclic) bond motifs is 1. The number of halogens is 3. The summed E-state index contributed by atoms with van der Waals surface area (Å²) in [5.74, 6) is 0. The Morgan fingerprint density at radius 2 is 2.06 bits per heavy atom. The van der Waals surface area contributed by atoms with Crippen LogP contribution in [-0.4, -0.2) is 11.0 Å². The van der Waals surface area contributed by atoms with Gasteiger partial charge in [0.2, 0.25) is 0 Å². The van der Waals surface area contributed by atoms with E-state index in [1.54, 1.807) is 19.2 Å². The molecule has 17 heavy (non-hydrogen) atoms. The minimum absolute atomic E-state index is 0.171. The van der Waals surface area contributed by atoms with Crippen molar-refractivity contribution < 1.29 is 13.2 Å². The van der Waals surface area contributed by atoms with Gasteiger partial charge in [-0.3, -0.25) is 0 Å². The highest BCUT2D eigenvalue weighted by atomic mass is 19.4. The summed E-state index contributed by atoms with van der Waals surface area (Å²) in [4.78, 5) is 2.85. The molecule has 0 saturated heterocycles. The lowest BCUT2D eigenvalue weighted by molar-refractivity contribution is -0.136. The minimum atomic E-state index is -4.34. The van der Waals surface area contributed by atoms with Gasteiger partial charge in [-0.05, 0) is 31.0 Å². The van der Waals surface area contributed by atoms with Crippen LogP contribution in [0.3, 0.4) is 0 Å². The lowest BCUT2D eigenvalue weighted by atomic mass is 10.0. The second-order valence-corrected chi connectivity index (χ2v) is 4.22. The average molecular weight is 242 g/mol. The molecule has 0 aliphatic rings. The fraction of sp³-hybridized carbons (Fsp3) is 0.333. The molecule has 2 nitrogen and oxygen atoms in total. The van der Waals surface area contributed by atoms with Gasteiger partial charge in [0, 0.05) is 23.1 Å². The van der Waals surface area contributed by atoms with Crippen molar-refractivity contribution in [2.75, 3.05) is 0 Å². The van der Waals surface area contributed by atoms with Crippen LogP contribution in [0.4, 0.5) is 13.2 Å². The topological polar surface area (TPSA) is 41.8 Å². The Bertz CT molecular complexity index is 526. The number of alkyl halides is 3. The molecule has 1 aromatic heterocycles. The summed E-state index contributed by atoms with van der Waals surface area (Å²) in [6.07, 6.45) is -2.31. The van der Waals surface area contributed by atoms with Crippen LogP contribution in [0, 0.1) is 0 Å². The van der Waals surface area contributed by atoms with E-state index in [2.05, 4.69) is 4.98 Å². The van der Waals surface area contributed by atoms with Crippen LogP contribution >= 0.6 is 0 Å². The summed E-state index contributed by atoms with van der Waals surface area (Å²) in [7, 11) is 0. The van der Waals surface area contributed by atoms with Crippen molar-refractivity contribution in [3.8, 4) is 0 Å². The SMILES string of the molecule is CC(N)Cc1c[nH]c2cccc(C(F)(F)F)c12. The molecule has 2 rings (SSSR count). The second-order valence-electron chi connectivity index (χ2n) is 4.22. The number of rotatable bonds is 2. The lowest BCUT2D eigenvalue weighted by Gasteiger charge is -2.10. The molecule has 0 aliphatic carbocycles. The summed E-state index contributed by atoms with van der Waals surface area (Å²) < 4.78 is 38.6. The summed E-state index contributed by atoms with van der Waals surface area (Å²) >= 11 is 0. The van der Waals surface area contributed by atoms with Gasteiger partial charge in [-0.1, -0.05) is 6.07 Å². The maximum atomic E-state index is 12.9. The predicted octanol–water partition coefficient (Wildman–Crippen LogP) is 3.08. The normalized spacial score (nSPS) is 14.2. The molecule has 0 bridgehead atoms. The predicted molar refractivity (Wildman–Crippen MR) is 60.7 cm³/mol.